The Bertz CT molecular complexity index is 1080. The molecule has 0 radical (unpaired) electrons. The predicted octanol–water partition coefficient (Wildman–Crippen LogP) is 5.38. The van der Waals surface area contributed by atoms with Gasteiger partial charge in [0.1, 0.15) is 6.29 Å². The molecule has 35 heavy (non-hydrogen) atoms. The second kappa shape index (κ2) is 11.7. The average molecular weight is 521 g/mol. The molecule has 2 aromatic rings. The molecular formula is C26H30Cl2N2O5. The van der Waals surface area contributed by atoms with Gasteiger partial charge < -0.3 is 20.5 Å². The van der Waals surface area contributed by atoms with Crippen molar-refractivity contribution in [2.75, 3.05) is 11.9 Å². The third kappa shape index (κ3) is 6.41. The minimum atomic E-state index is -0.893. The number of aliphatic carboxylic acids is 1. The van der Waals surface area contributed by atoms with Crippen LogP contribution < -0.4 is 10.6 Å². The van der Waals surface area contributed by atoms with Crippen molar-refractivity contribution in [2.24, 2.45) is 16.7 Å². The highest BCUT2D eigenvalue weighted by Crippen LogP contribution is 2.56. The zero-order valence-corrected chi connectivity index (χ0v) is 21.7. The van der Waals surface area contributed by atoms with Crippen molar-refractivity contribution >= 4 is 53.0 Å². The molecule has 0 aliphatic heterocycles. The van der Waals surface area contributed by atoms with Crippen LogP contribution in [-0.2, 0) is 14.4 Å². The van der Waals surface area contributed by atoms with Crippen LogP contribution in [0.2, 0.25) is 10.0 Å². The molecule has 9 heteroatoms. The Morgan fingerprint density at radius 1 is 1.06 bits per heavy atom. The van der Waals surface area contributed by atoms with Crippen LogP contribution in [0.5, 0.6) is 0 Å². The first-order valence-electron chi connectivity index (χ1n) is 11.1. The largest absolute Gasteiger partial charge is 0.481 e. The van der Waals surface area contributed by atoms with Gasteiger partial charge in [-0.2, -0.15) is 0 Å². The molecule has 0 bridgehead atoms. The van der Waals surface area contributed by atoms with Crippen molar-refractivity contribution in [1.82, 2.24) is 5.32 Å². The molecule has 0 spiro atoms. The molecule has 0 saturated heterocycles. The number of benzene rings is 2. The highest BCUT2D eigenvalue weighted by Gasteiger charge is 2.58. The summed E-state index contributed by atoms with van der Waals surface area (Å²) in [7, 11) is 0. The molecule has 3 rings (SSSR count). The Labute approximate surface area is 215 Å². The molecule has 1 saturated carbocycles. The molecule has 7 nitrogen and oxygen atoms in total. The van der Waals surface area contributed by atoms with E-state index in [2.05, 4.69) is 10.6 Å². The van der Waals surface area contributed by atoms with E-state index in [-0.39, 0.29) is 24.3 Å². The molecular weight excluding hydrogens is 491 g/mol. The van der Waals surface area contributed by atoms with Gasteiger partial charge in [-0.15, -0.1) is 0 Å². The van der Waals surface area contributed by atoms with E-state index in [0.717, 1.165) is 5.56 Å². The second-order valence-electron chi connectivity index (χ2n) is 9.28. The van der Waals surface area contributed by atoms with Crippen LogP contribution in [0, 0.1) is 23.7 Å². The molecule has 0 aromatic heterocycles. The molecule has 1 aliphatic rings. The molecule has 2 amide bonds. The lowest BCUT2D eigenvalue weighted by atomic mass is 9.65. The van der Waals surface area contributed by atoms with Gasteiger partial charge in [-0.05, 0) is 56.4 Å². The predicted molar refractivity (Wildman–Crippen MR) is 137 cm³/mol. The smallest absolute Gasteiger partial charge is 0.309 e. The lowest BCUT2D eigenvalue weighted by Crippen LogP contribution is -2.45. The summed E-state index contributed by atoms with van der Waals surface area (Å²) in [6, 6.07) is 12.5. The normalized spacial score (nSPS) is 20.2. The fraction of sp³-hybridized carbons (Fsp3) is 0.385. The number of aldehydes is 1. The van der Waals surface area contributed by atoms with Gasteiger partial charge in [0, 0.05) is 11.6 Å². The Hall–Kier alpha value is -2.90. The monoisotopic (exact) mass is 520 g/mol. The summed E-state index contributed by atoms with van der Waals surface area (Å²) in [4.78, 5) is 45.5. The van der Waals surface area contributed by atoms with Crippen molar-refractivity contribution < 1.29 is 24.3 Å². The van der Waals surface area contributed by atoms with Crippen molar-refractivity contribution in [3.05, 3.63) is 63.6 Å². The Kier molecular flexibility index (Phi) is 9.46. The van der Waals surface area contributed by atoms with E-state index in [0.29, 0.717) is 40.4 Å². The van der Waals surface area contributed by atoms with Crippen LogP contribution in [0.1, 0.15) is 49.5 Å². The fourth-order valence-electron chi connectivity index (χ4n) is 4.15. The highest BCUT2D eigenvalue weighted by molar-refractivity contribution is 6.40. The molecule has 1 aliphatic carbocycles. The number of carboxylic acids is 1. The van der Waals surface area contributed by atoms with Gasteiger partial charge in [0.15, 0.2) is 0 Å². The lowest BCUT2D eigenvalue weighted by Gasteiger charge is -2.37. The molecule has 2 aromatic carbocycles. The Morgan fingerprint density at radius 2 is 1.63 bits per heavy atom. The zero-order chi connectivity index (χ0) is 26.4. The van der Waals surface area contributed by atoms with Gasteiger partial charge in [0.05, 0.1) is 27.6 Å². The molecule has 0 heterocycles. The van der Waals surface area contributed by atoms with Crippen LogP contribution in [0.3, 0.4) is 0 Å². The van der Waals surface area contributed by atoms with Crippen LogP contribution in [0.4, 0.5) is 5.69 Å². The fourth-order valence-corrected chi connectivity index (χ4v) is 4.72. The van der Waals surface area contributed by atoms with E-state index in [1.807, 2.05) is 31.2 Å². The summed E-state index contributed by atoms with van der Waals surface area (Å²) in [6.45, 7) is 7.26. The molecule has 3 N–H and O–H groups in total. The third-order valence-electron chi connectivity index (χ3n) is 6.87. The van der Waals surface area contributed by atoms with Crippen molar-refractivity contribution in [3.63, 3.8) is 0 Å². The van der Waals surface area contributed by atoms with Gasteiger partial charge in [-0.25, -0.2) is 0 Å². The van der Waals surface area contributed by atoms with Gasteiger partial charge in [-0.1, -0.05) is 60.8 Å². The first kappa shape index (κ1) is 28.3. The number of aryl methyl sites for hydroxylation is 1. The summed E-state index contributed by atoms with van der Waals surface area (Å²) in [5.41, 5.74) is 0.619. The van der Waals surface area contributed by atoms with Crippen molar-refractivity contribution in [1.29, 1.82) is 0 Å². The van der Waals surface area contributed by atoms with Gasteiger partial charge in [0.25, 0.3) is 5.91 Å². The Morgan fingerprint density at radius 3 is 2.11 bits per heavy atom. The van der Waals surface area contributed by atoms with Crippen LogP contribution in [0.15, 0.2) is 42.5 Å². The number of nitrogens with one attached hydrogen (secondary N) is 2. The third-order valence-corrected chi connectivity index (χ3v) is 7.50. The Balaban J connectivity index is 0.000000247. The molecule has 188 valence electrons. The van der Waals surface area contributed by atoms with Gasteiger partial charge >= 0.3 is 5.97 Å². The van der Waals surface area contributed by atoms with E-state index in [9.17, 15) is 24.3 Å². The minimum absolute atomic E-state index is 0.0187. The number of carbonyl (C=O) groups is 4. The number of carbonyl (C=O) groups excluding carboxylic acids is 3. The molecule has 1 fully saturated rings. The van der Waals surface area contributed by atoms with Gasteiger partial charge in [-0.3, -0.25) is 14.4 Å². The number of halogens is 2. The number of anilines is 1. The maximum absolute atomic E-state index is 12.1. The zero-order valence-electron chi connectivity index (χ0n) is 20.2. The average Bonchev–Trinajstić information content (AvgIpc) is 3.04. The highest BCUT2D eigenvalue weighted by atomic mass is 35.5. The van der Waals surface area contributed by atoms with E-state index in [1.54, 1.807) is 39.0 Å². The lowest BCUT2D eigenvalue weighted by molar-refractivity contribution is -0.155. The van der Waals surface area contributed by atoms with Crippen LogP contribution in [0.25, 0.3) is 0 Å². The number of amides is 2. The maximum atomic E-state index is 12.1. The molecule has 2 atom stereocenters. The van der Waals surface area contributed by atoms with E-state index < -0.39 is 16.8 Å². The van der Waals surface area contributed by atoms with Gasteiger partial charge in [0.2, 0.25) is 5.91 Å². The van der Waals surface area contributed by atoms with E-state index in [1.165, 1.54) is 0 Å². The molecule has 0 unspecified atom stereocenters. The van der Waals surface area contributed by atoms with Crippen LogP contribution >= 0.6 is 23.2 Å². The first-order chi connectivity index (χ1) is 16.3. The summed E-state index contributed by atoms with van der Waals surface area (Å²) in [6.07, 6.45) is 1.64. The summed E-state index contributed by atoms with van der Waals surface area (Å²) in [5.74, 6) is -1.77. The number of rotatable bonds is 6. The quantitative estimate of drug-likeness (QED) is 0.442. The number of carboxylic acid groups (broad SMARTS) is 1. The maximum Gasteiger partial charge on any atom is 0.309 e. The second-order valence-corrected chi connectivity index (χ2v) is 10.1. The topological polar surface area (TPSA) is 113 Å². The summed E-state index contributed by atoms with van der Waals surface area (Å²) < 4.78 is 0. The minimum Gasteiger partial charge on any atom is -0.481 e. The van der Waals surface area contributed by atoms with Crippen molar-refractivity contribution in [2.45, 2.75) is 40.5 Å². The summed E-state index contributed by atoms with van der Waals surface area (Å²) >= 11 is 11.9. The van der Waals surface area contributed by atoms with E-state index in [4.69, 9.17) is 23.2 Å². The van der Waals surface area contributed by atoms with Crippen molar-refractivity contribution in [3.8, 4) is 0 Å². The standard InChI is InChI=1S/C14H11Cl2NO.C12H19NO4/c1-9-5-7-10(8-6-9)17-14(18)13-11(15)3-2-4-12(13)16;1-11(2)8(9(15)13-6-7-14)4-5-12(11,3)10(16)17/h2-8H,1H3,(H,17,18);7-8H,4-6H2,1-3H3,(H,13,15)(H,16,17)/t;8-,12-/m.0/s1. The number of hydrogen-bond acceptors (Lipinski definition) is 4. The first-order valence-corrected chi connectivity index (χ1v) is 11.9. The summed E-state index contributed by atoms with van der Waals surface area (Å²) in [5, 5.41) is 15.2. The van der Waals surface area contributed by atoms with Crippen LogP contribution in [-0.4, -0.2) is 35.7 Å². The van der Waals surface area contributed by atoms with E-state index >= 15 is 0 Å². The SMILES string of the molecule is CC1(C)[C@H](C(=O)NCC=O)CC[C@@]1(C)C(=O)O.Cc1ccc(NC(=O)c2c(Cl)cccc2Cl)cc1. The number of hydrogen-bond donors (Lipinski definition) is 3.